The van der Waals surface area contributed by atoms with E-state index in [1.165, 1.54) is 38.5 Å². The van der Waals surface area contributed by atoms with E-state index in [1.54, 1.807) is 0 Å². The van der Waals surface area contributed by atoms with Crippen LogP contribution in [0.2, 0.25) is 0 Å². The van der Waals surface area contributed by atoms with Gasteiger partial charge in [-0.3, -0.25) is 0 Å². The first-order valence-electron chi connectivity index (χ1n) is 7.27. The molecule has 4 fully saturated rings. The molecule has 2 aliphatic heterocycles. The third-order valence-corrected chi connectivity index (χ3v) is 4.93. The van der Waals surface area contributed by atoms with Crippen molar-refractivity contribution in [3.05, 3.63) is 0 Å². The Labute approximate surface area is 103 Å². The Morgan fingerprint density at radius 1 is 0.706 bits per heavy atom. The standard InChI is InChI=1S/C14H22O3/c1-3-11-13(16-11)5-9(1)7-15-8-10-2-4-12-14(6-10)17-12/h9-14H,1-8H2. The van der Waals surface area contributed by atoms with Crippen molar-refractivity contribution >= 4 is 0 Å². The predicted molar refractivity (Wildman–Crippen MR) is 62.8 cm³/mol. The van der Waals surface area contributed by atoms with Crippen LogP contribution in [-0.2, 0) is 14.2 Å². The van der Waals surface area contributed by atoms with Crippen molar-refractivity contribution in [1.82, 2.24) is 0 Å². The molecule has 0 aromatic heterocycles. The fraction of sp³-hybridized carbons (Fsp3) is 1.00. The van der Waals surface area contributed by atoms with E-state index >= 15 is 0 Å². The maximum Gasteiger partial charge on any atom is 0.0845 e. The van der Waals surface area contributed by atoms with Gasteiger partial charge in [0.15, 0.2) is 0 Å². The number of rotatable bonds is 4. The molecule has 2 aliphatic carbocycles. The van der Waals surface area contributed by atoms with Crippen LogP contribution in [0.4, 0.5) is 0 Å². The molecule has 0 radical (unpaired) electrons. The maximum atomic E-state index is 5.94. The highest BCUT2D eigenvalue weighted by molar-refractivity contribution is 4.93. The highest BCUT2D eigenvalue weighted by atomic mass is 16.6. The van der Waals surface area contributed by atoms with Gasteiger partial charge in [0.05, 0.1) is 24.4 Å². The lowest BCUT2D eigenvalue weighted by Crippen LogP contribution is -2.22. The molecule has 3 nitrogen and oxygen atoms in total. The molecule has 4 aliphatic rings. The van der Waals surface area contributed by atoms with Crippen LogP contribution in [0.5, 0.6) is 0 Å². The Balaban J connectivity index is 1.15. The monoisotopic (exact) mass is 238 g/mol. The van der Waals surface area contributed by atoms with Gasteiger partial charge in [-0.15, -0.1) is 0 Å². The summed E-state index contributed by atoms with van der Waals surface area (Å²) in [5.74, 6) is 1.51. The van der Waals surface area contributed by atoms with Crippen molar-refractivity contribution in [3.8, 4) is 0 Å². The van der Waals surface area contributed by atoms with Gasteiger partial charge in [0.1, 0.15) is 0 Å². The Bertz CT molecular complexity index is 265. The van der Waals surface area contributed by atoms with E-state index in [-0.39, 0.29) is 0 Å². The summed E-state index contributed by atoms with van der Waals surface area (Å²) in [5.41, 5.74) is 0. The van der Waals surface area contributed by atoms with Gasteiger partial charge in [0, 0.05) is 13.2 Å². The minimum absolute atomic E-state index is 0.590. The summed E-state index contributed by atoms with van der Waals surface area (Å²) in [6.45, 7) is 1.91. The molecule has 4 rings (SSSR count). The lowest BCUT2D eigenvalue weighted by Gasteiger charge is -2.22. The van der Waals surface area contributed by atoms with E-state index in [1.807, 2.05) is 0 Å². The molecule has 0 aromatic carbocycles. The molecule has 2 saturated heterocycles. The van der Waals surface area contributed by atoms with Gasteiger partial charge in [-0.1, -0.05) is 0 Å². The third kappa shape index (κ3) is 2.38. The van der Waals surface area contributed by atoms with E-state index in [2.05, 4.69) is 0 Å². The fourth-order valence-electron chi connectivity index (χ4n) is 3.68. The van der Waals surface area contributed by atoms with Crippen molar-refractivity contribution in [1.29, 1.82) is 0 Å². The molecule has 6 unspecified atom stereocenters. The average Bonchev–Trinajstić information content (AvgIpc) is 3.22. The topological polar surface area (TPSA) is 34.3 Å². The highest BCUT2D eigenvalue weighted by Crippen LogP contribution is 2.41. The van der Waals surface area contributed by atoms with Gasteiger partial charge in [0.25, 0.3) is 0 Å². The number of hydrogen-bond donors (Lipinski definition) is 0. The minimum atomic E-state index is 0.590. The summed E-state index contributed by atoms with van der Waals surface area (Å²) in [6.07, 6.45) is 10.0. The van der Waals surface area contributed by atoms with Crippen LogP contribution in [0.1, 0.15) is 38.5 Å². The molecule has 0 bridgehead atoms. The Hall–Kier alpha value is -0.120. The van der Waals surface area contributed by atoms with Gasteiger partial charge in [-0.25, -0.2) is 0 Å². The zero-order valence-corrected chi connectivity index (χ0v) is 10.3. The molecular formula is C14H22O3. The van der Waals surface area contributed by atoms with Crippen LogP contribution >= 0.6 is 0 Å². The quantitative estimate of drug-likeness (QED) is 0.704. The van der Waals surface area contributed by atoms with Gasteiger partial charge >= 0.3 is 0 Å². The molecule has 6 atom stereocenters. The average molecular weight is 238 g/mol. The second-order valence-electron chi connectivity index (χ2n) is 6.32. The summed E-state index contributed by atoms with van der Waals surface area (Å²) in [7, 11) is 0. The van der Waals surface area contributed by atoms with Gasteiger partial charge in [-0.2, -0.15) is 0 Å². The summed E-state index contributed by atoms with van der Waals surface area (Å²) < 4.78 is 17.0. The molecular weight excluding hydrogens is 216 g/mol. The Kier molecular flexibility index (Phi) is 2.67. The maximum absolute atomic E-state index is 5.94. The number of ether oxygens (including phenoxy) is 3. The number of fused-ring (bicyclic) bond motifs is 2. The van der Waals surface area contributed by atoms with Crippen molar-refractivity contribution < 1.29 is 14.2 Å². The molecule has 2 heterocycles. The molecule has 3 heteroatoms. The van der Waals surface area contributed by atoms with Crippen LogP contribution in [0.3, 0.4) is 0 Å². The zero-order chi connectivity index (χ0) is 11.2. The fourth-order valence-corrected chi connectivity index (χ4v) is 3.68. The lowest BCUT2D eigenvalue weighted by atomic mass is 9.89. The van der Waals surface area contributed by atoms with Gasteiger partial charge in [0.2, 0.25) is 0 Å². The van der Waals surface area contributed by atoms with E-state index in [9.17, 15) is 0 Å². The van der Waals surface area contributed by atoms with Crippen LogP contribution in [0, 0.1) is 11.8 Å². The summed E-state index contributed by atoms with van der Waals surface area (Å²) >= 11 is 0. The second-order valence-corrected chi connectivity index (χ2v) is 6.32. The normalized spacial score (nSPS) is 51.5. The number of hydrogen-bond acceptors (Lipinski definition) is 3. The molecule has 0 amide bonds. The molecule has 0 spiro atoms. The number of epoxide rings is 2. The van der Waals surface area contributed by atoms with Crippen molar-refractivity contribution in [2.45, 2.75) is 62.9 Å². The van der Waals surface area contributed by atoms with Gasteiger partial charge in [-0.05, 0) is 50.4 Å². The first kappa shape index (κ1) is 10.8. The van der Waals surface area contributed by atoms with Crippen molar-refractivity contribution in [3.63, 3.8) is 0 Å². The third-order valence-electron chi connectivity index (χ3n) is 4.93. The molecule has 0 aromatic rings. The first-order chi connectivity index (χ1) is 8.38. The van der Waals surface area contributed by atoms with Crippen molar-refractivity contribution in [2.24, 2.45) is 11.8 Å². The molecule has 17 heavy (non-hydrogen) atoms. The summed E-state index contributed by atoms with van der Waals surface area (Å²) in [5, 5.41) is 0. The molecule has 96 valence electrons. The second kappa shape index (κ2) is 4.22. The predicted octanol–water partition coefficient (Wildman–Crippen LogP) is 2.14. The van der Waals surface area contributed by atoms with Crippen LogP contribution < -0.4 is 0 Å². The van der Waals surface area contributed by atoms with E-state index in [0.717, 1.165) is 25.0 Å². The molecule has 2 saturated carbocycles. The summed E-state index contributed by atoms with van der Waals surface area (Å²) in [4.78, 5) is 0. The minimum Gasteiger partial charge on any atom is -0.381 e. The summed E-state index contributed by atoms with van der Waals surface area (Å²) in [6, 6.07) is 0. The Morgan fingerprint density at radius 3 is 1.71 bits per heavy atom. The van der Waals surface area contributed by atoms with E-state index < -0.39 is 0 Å². The molecule has 0 N–H and O–H groups in total. The first-order valence-corrected chi connectivity index (χ1v) is 7.27. The Morgan fingerprint density at radius 2 is 1.24 bits per heavy atom. The van der Waals surface area contributed by atoms with Gasteiger partial charge < -0.3 is 14.2 Å². The van der Waals surface area contributed by atoms with Crippen molar-refractivity contribution in [2.75, 3.05) is 13.2 Å². The van der Waals surface area contributed by atoms with E-state index in [0.29, 0.717) is 24.4 Å². The van der Waals surface area contributed by atoms with Crippen LogP contribution in [-0.4, -0.2) is 37.6 Å². The highest BCUT2D eigenvalue weighted by Gasteiger charge is 2.45. The van der Waals surface area contributed by atoms with Crippen LogP contribution in [0.25, 0.3) is 0 Å². The lowest BCUT2D eigenvalue weighted by molar-refractivity contribution is 0.0547. The smallest absolute Gasteiger partial charge is 0.0845 e. The largest absolute Gasteiger partial charge is 0.381 e. The van der Waals surface area contributed by atoms with E-state index in [4.69, 9.17) is 14.2 Å². The van der Waals surface area contributed by atoms with Crippen LogP contribution in [0.15, 0.2) is 0 Å². The SMILES string of the molecule is C1CC2OC2CC1COCC1CCC2OC2C1. The zero-order valence-electron chi connectivity index (χ0n) is 10.3.